The van der Waals surface area contributed by atoms with Crippen molar-refractivity contribution < 1.29 is 9.13 Å². The number of hydrogen-bond donors (Lipinski definition) is 1. The summed E-state index contributed by atoms with van der Waals surface area (Å²) in [4.78, 5) is 4.09. The molecule has 0 radical (unpaired) electrons. The summed E-state index contributed by atoms with van der Waals surface area (Å²) >= 11 is 0. The second-order valence-corrected chi connectivity index (χ2v) is 4.66. The molecule has 0 saturated heterocycles. The summed E-state index contributed by atoms with van der Waals surface area (Å²) in [7, 11) is 1.76. The van der Waals surface area contributed by atoms with E-state index in [-0.39, 0.29) is 11.9 Å². The van der Waals surface area contributed by atoms with Crippen LogP contribution in [0.4, 0.5) is 4.39 Å². The minimum Gasteiger partial charge on any atom is -0.381 e. The highest BCUT2D eigenvalue weighted by molar-refractivity contribution is 5.09. The van der Waals surface area contributed by atoms with Crippen LogP contribution in [0, 0.1) is 5.82 Å². The van der Waals surface area contributed by atoms with Gasteiger partial charge in [-0.05, 0) is 38.3 Å². The third-order valence-corrected chi connectivity index (χ3v) is 3.40. The molecule has 1 heterocycles. The van der Waals surface area contributed by atoms with E-state index in [1.54, 1.807) is 13.2 Å². The molecule has 0 spiro atoms. The minimum absolute atomic E-state index is 0.149. The Morgan fingerprint density at radius 3 is 2.88 bits per heavy atom. The number of nitrogens with zero attached hydrogens (tertiary/aromatic N) is 1. The molecule has 94 valence electrons. The van der Waals surface area contributed by atoms with E-state index in [1.165, 1.54) is 12.3 Å². The Kier molecular flexibility index (Phi) is 4.07. The average molecular weight is 238 g/mol. The van der Waals surface area contributed by atoms with Crippen LogP contribution in [-0.2, 0) is 4.74 Å². The first-order valence-electron chi connectivity index (χ1n) is 6.09. The van der Waals surface area contributed by atoms with Crippen molar-refractivity contribution in [3.05, 3.63) is 29.8 Å². The van der Waals surface area contributed by atoms with Gasteiger partial charge in [0.1, 0.15) is 5.82 Å². The van der Waals surface area contributed by atoms with Crippen LogP contribution in [0.2, 0.25) is 0 Å². The predicted molar refractivity (Wildman–Crippen MR) is 64.2 cm³/mol. The van der Waals surface area contributed by atoms with Crippen molar-refractivity contribution >= 4 is 0 Å². The average Bonchev–Trinajstić information content (AvgIpc) is 2.77. The fourth-order valence-electron chi connectivity index (χ4n) is 2.39. The largest absolute Gasteiger partial charge is 0.381 e. The minimum atomic E-state index is -0.290. The van der Waals surface area contributed by atoms with Gasteiger partial charge in [0, 0.05) is 19.2 Å². The number of pyridine rings is 1. The number of ether oxygens (including phenoxy) is 1. The van der Waals surface area contributed by atoms with Gasteiger partial charge in [-0.3, -0.25) is 4.98 Å². The standard InChI is InChI=1S/C13H19FN2O/c1-9(13-6-3-10(14)8-15-13)16-11-4-5-12(7-11)17-2/h3,6,8-9,11-12,16H,4-5,7H2,1-2H3. The molecule has 1 N–H and O–H groups in total. The summed E-state index contributed by atoms with van der Waals surface area (Å²) in [5, 5.41) is 3.51. The van der Waals surface area contributed by atoms with Crippen molar-refractivity contribution in [1.82, 2.24) is 10.3 Å². The molecule has 1 aromatic rings. The van der Waals surface area contributed by atoms with Gasteiger partial charge >= 0.3 is 0 Å². The molecule has 0 bridgehead atoms. The van der Waals surface area contributed by atoms with Crippen molar-refractivity contribution in [3.8, 4) is 0 Å². The lowest BCUT2D eigenvalue weighted by molar-refractivity contribution is 0.106. The lowest BCUT2D eigenvalue weighted by Crippen LogP contribution is -2.30. The maximum absolute atomic E-state index is 12.8. The van der Waals surface area contributed by atoms with Gasteiger partial charge in [-0.2, -0.15) is 0 Å². The third-order valence-electron chi connectivity index (χ3n) is 3.40. The normalized spacial score (nSPS) is 26.1. The molecule has 1 aliphatic carbocycles. The molecule has 0 amide bonds. The van der Waals surface area contributed by atoms with Gasteiger partial charge in [0.2, 0.25) is 0 Å². The van der Waals surface area contributed by atoms with Gasteiger partial charge in [-0.15, -0.1) is 0 Å². The lowest BCUT2D eigenvalue weighted by Gasteiger charge is -2.19. The van der Waals surface area contributed by atoms with E-state index < -0.39 is 0 Å². The molecule has 1 saturated carbocycles. The second kappa shape index (κ2) is 5.56. The van der Waals surface area contributed by atoms with E-state index >= 15 is 0 Å². The molecular weight excluding hydrogens is 219 g/mol. The maximum atomic E-state index is 12.8. The number of rotatable bonds is 4. The second-order valence-electron chi connectivity index (χ2n) is 4.66. The summed E-state index contributed by atoms with van der Waals surface area (Å²) in [6.07, 6.45) is 4.92. The summed E-state index contributed by atoms with van der Waals surface area (Å²) in [5.74, 6) is -0.290. The van der Waals surface area contributed by atoms with Crippen molar-refractivity contribution in [3.63, 3.8) is 0 Å². The van der Waals surface area contributed by atoms with Gasteiger partial charge in [-0.1, -0.05) is 0 Å². The SMILES string of the molecule is COC1CCC(NC(C)c2ccc(F)cn2)C1. The zero-order valence-electron chi connectivity index (χ0n) is 10.3. The molecule has 1 aliphatic rings. The van der Waals surface area contributed by atoms with Gasteiger partial charge in [0.15, 0.2) is 0 Å². The van der Waals surface area contributed by atoms with Gasteiger partial charge < -0.3 is 10.1 Å². The van der Waals surface area contributed by atoms with E-state index in [9.17, 15) is 4.39 Å². The van der Waals surface area contributed by atoms with Crippen LogP contribution in [0.5, 0.6) is 0 Å². The highest BCUT2D eigenvalue weighted by Gasteiger charge is 2.25. The van der Waals surface area contributed by atoms with Crippen LogP contribution >= 0.6 is 0 Å². The van der Waals surface area contributed by atoms with Crippen LogP contribution in [-0.4, -0.2) is 24.2 Å². The Morgan fingerprint density at radius 2 is 2.29 bits per heavy atom. The number of methoxy groups -OCH3 is 1. The van der Waals surface area contributed by atoms with E-state index in [1.807, 2.05) is 0 Å². The fraction of sp³-hybridized carbons (Fsp3) is 0.615. The van der Waals surface area contributed by atoms with Crippen LogP contribution in [0.25, 0.3) is 0 Å². The molecule has 2 rings (SSSR count). The van der Waals surface area contributed by atoms with Gasteiger partial charge in [0.25, 0.3) is 0 Å². The van der Waals surface area contributed by atoms with E-state index in [0.717, 1.165) is 25.0 Å². The summed E-state index contributed by atoms with van der Waals surface area (Å²) in [6, 6.07) is 3.81. The summed E-state index contributed by atoms with van der Waals surface area (Å²) in [5.41, 5.74) is 0.882. The van der Waals surface area contributed by atoms with Crippen molar-refractivity contribution in [1.29, 1.82) is 0 Å². The molecule has 1 aromatic heterocycles. The van der Waals surface area contributed by atoms with Crippen molar-refractivity contribution in [2.75, 3.05) is 7.11 Å². The first-order valence-corrected chi connectivity index (χ1v) is 6.09. The monoisotopic (exact) mass is 238 g/mol. The predicted octanol–water partition coefficient (Wildman–Crippen LogP) is 2.44. The van der Waals surface area contributed by atoms with Crippen LogP contribution in [0.15, 0.2) is 18.3 Å². The Morgan fingerprint density at radius 1 is 1.47 bits per heavy atom. The first kappa shape index (κ1) is 12.5. The van der Waals surface area contributed by atoms with Crippen molar-refractivity contribution in [2.24, 2.45) is 0 Å². The third kappa shape index (κ3) is 3.23. The maximum Gasteiger partial charge on any atom is 0.141 e. The smallest absolute Gasteiger partial charge is 0.141 e. The summed E-state index contributed by atoms with van der Waals surface area (Å²) < 4.78 is 18.1. The van der Waals surface area contributed by atoms with Gasteiger partial charge in [-0.25, -0.2) is 4.39 Å². The summed E-state index contributed by atoms with van der Waals surface area (Å²) in [6.45, 7) is 2.06. The number of aromatic nitrogens is 1. The lowest BCUT2D eigenvalue weighted by atomic mass is 10.1. The fourth-order valence-corrected chi connectivity index (χ4v) is 2.39. The first-order chi connectivity index (χ1) is 8.19. The van der Waals surface area contributed by atoms with Crippen molar-refractivity contribution in [2.45, 2.75) is 44.4 Å². The zero-order valence-corrected chi connectivity index (χ0v) is 10.3. The molecule has 0 aromatic carbocycles. The topological polar surface area (TPSA) is 34.1 Å². The Labute approximate surface area is 101 Å². The molecule has 17 heavy (non-hydrogen) atoms. The van der Waals surface area contributed by atoms with Crippen LogP contribution in [0.3, 0.4) is 0 Å². The molecule has 3 atom stereocenters. The molecule has 1 fully saturated rings. The quantitative estimate of drug-likeness (QED) is 0.874. The van der Waals surface area contributed by atoms with Crippen LogP contribution in [0.1, 0.15) is 37.9 Å². The molecular formula is C13H19FN2O. The number of nitrogens with one attached hydrogen (secondary N) is 1. The highest BCUT2D eigenvalue weighted by atomic mass is 19.1. The van der Waals surface area contributed by atoms with E-state index in [4.69, 9.17) is 4.74 Å². The number of hydrogen-bond acceptors (Lipinski definition) is 3. The Hall–Kier alpha value is -1.00. The zero-order chi connectivity index (χ0) is 12.3. The Balaban J connectivity index is 1.89. The molecule has 4 heteroatoms. The highest BCUT2D eigenvalue weighted by Crippen LogP contribution is 2.23. The molecule has 0 aliphatic heterocycles. The van der Waals surface area contributed by atoms with Gasteiger partial charge in [0.05, 0.1) is 18.0 Å². The molecule has 3 nitrogen and oxygen atoms in total. The van der Waals surface area contributed by atoms with E-state index in [2.05, 4.69) is 17.2 Å². The van der Waals surface area contributed by atoms with Crippen LogP contribution < -0.4 is 5.32 Å². The van der Waals surface area contributed by atoms with E-state index in [0.29, 0.717) is 12.1 Å². The number of halogens is 1. The Bertz CT molecular complexity index is 355. The molecule has 3 unspecified atom stereocenters.